The summed E-state index contributed by atoms with van der Waals surface area (Å²) in [7, 11) is -3.69. The molecule has 1 amide bonds. The Labute approximate surface area is 172 Å². The Kier molecular flexibility index (Phi) is 7.90. The molecular formula is C21H28N2O5S. The average Bonchev–Trinajstić information content (AvgIpc) is 2.66. The fourth-order valence-corrected chi connectivity index (χ4v) is 3.53. The lowest BCUT2D eigenvalue weighted by Crippen LogP contribution is -2.45. The molecule has 0 radical (unpaired) electrons. The zero-order chi connectivity index (χ0) is 21.4. The number of anilines is 1. The number of carbonyl (C=O) groups is 1. The van der Waals surface area contributed by atoms with E-state index >= 15 is 0 Å². The maximum absolute atomic E-state index is 12.5. The fourth-order valence-electron chi connectivity index (χ4n) is 2.67. The normalized spacial score (nSPS) is 12.1. The van der Waals surface area contributed by atoms with Gasteiger partial charge in [-0.2, -0.15) is 0 Å². The first kappa shape index (κ1) is 22.5. The standard InChI is InChI=1S/C21H28N2O5S/c1-5-27-20-9-7-6-8-19(20)23(29(4,25)26)14-21(24)22-17(3)15-28-18-12-10-16(2)11-13-18/h6-13,17H,5,14-15H2,1-4H3,(H,22,24)/t17-/m1/s1. The smallest absolute Gasteiger partial charge is 0.241 e. The zero-order valence-corrected chi connectivity index (χ0v) is 18.0. The fraction of sp³-hybridized carbons (Fsp3) is 0.381. The highest BCUT2D eigenvalue weighted by molar-refractivity contribution is 7.92. The van der Waals surface area contributed by atoms with E-state index in [1.54, 1.807) is 31.2 Å². The number of amides is 1. The molecule has 0 bridgehead atoms. The summed E-state index contributed by atoms with van der Waals surface area (Å²) in [5.41, 5.74) is 1.46. The van der Waals surface area contributed by atoms with E-state index in [1.807, 2.05) is 38.1 Å². The third kappa shape index (κ3) is 6.98. The van der Waals surface area contributed by atoms with Crippen molar-refractivity contribution in [3.63, 3.8) is 0 Å². The number of nitrogens with zero attached hydrogens (tertiary/aromatic N) is 1. The molecule has 2 rings (SSSR count). The molecule has 8 heteroatoms. The van der Waals surface area contributed by atoms with E-state index in [0.29, 0.717) is 23.8 Å². The maximum Gasteiger partial charge on any atom is 0.241 e. The molecule has 0 saturated carbocycles. The highest BCUT2D eigenvalue weighted by Crippen LogP contribution is 2.29. The van der Waals surface area contributed by atoms with Crippen molar-refractivity contribution in [1.82, 2.24) is 5.32 Å². The third-order valence-electron chi connectivity index (χ3n) is 4.05. The lowest BCUT2D eigenvalue weighted by Gasteiger charge is -2.25. The summed E-state index contributed by atoms with van der Waals surface area (Å²) in [6, 6.07) is 14.0. The minimum atomic E-state index is -3.69. The summed E-state index contributed by atoms with van der Waals surface area (Å²) in [6.45, 7) is 5.90. The minimum Gasteiger partial charge on any atom is -0.492 e. The Morgan fingerprint density at radius 3 is 2.38 bits per heavy atom. The van der Waals surface area contributed by atoms with Gasteiger partial charge in [0.2, 0.25) is 15.9 Å². The van der Waals surface area contributed by atoms with E-state index < -0.39 is 15.9 Å². The van der Waals surface area contributed by atoms with Crippen LogP contribution >= 0.6 is 0 Å². The first-order chi connectivity index (χ1) is 13.7. The van der Waals surface area contributed by atoms with Crippen LogP contribution in [0.1, 0.15) is 19.4 Å². The third-order valence-corrected chi connectivity index (χ3v) is 5.18. The molecule has 29 heavy (non-hydrogen) atoms. The number of ether oxygens (including phenoxy) is 2. The van der Waals surface area contributed by atoms with Gasteiger partial charge in [0.1, 0.15) is 24.7 Å². The van der Waals surface area contributed by atoms with Gasteiger partial charge in [0.05, 0.1) is 24.6 Å². The number of benzene rings is 2. The molecule has 0 heterocycles. The number of nitrogens with one attached hydrogen (secondary N) is 1. The van der Waals surface area contributed by atoms with Crippen molar-refractivity contribution in [1.29, 1.82) is 0 Å². The molecule has 2 aromatic rings. The molecule has 0 unspecified atom stereocenters. The summed E-state index contributed by atoms with van der Waals surface area (Å²) >= 11 is 0. The maximum atomic E-state index is 12.5. The van der Waals surface area contributed by atoms with E-state index in [2.05, 4.69) is 5.32 Å². The van der Waals surface area contributed by atoms with Crippen molar-refractivity contribution in [3.8, 4) is 11.5 Å². The lowest BCUT2D eigenvalue weighted by atomic mass is 10.2. The topological polar surface area (TPSA) is 84.9 Å². The van der Waals surface area contributed by atoms with Gasteiger partial charge in [-0.15, -0.1) is 0 Å². The van der Waals surface area contributed by atoms with Gasteiger partial charge in [-0.3, -0.25) is 9.10 Å². The average molecular weight is 421 g/mol. The van der Waals surface area contributed by atoms with Gasteiger partial charge in [0, 0.05) is 0 Å². The van der Waals surface area contributed by atoms with Crippen molar-refractivity contribution in [2.75, 3.05) is 30.3 Å². The Bertz CT molecular complexity index is 913. The van der Waals surface area contributed by atoms with Crippen LogP contribution in [-0.4, -0.2) is 46.4 Å². The van der Waals surface area contributed by atoms with Gasteiger partial charge in [-0.05, 0) is 45.0 Å². The van der Waals surface area contributed by atoms with Crippen LogP contribution < -0.4 is 19.1 Å². The molecule has 1 atom stereocenters. The molecule has 2 aromatic carbocycles. The molecule has 0 aliphatic rings. The van der Waals surface area contributed by atoms with E-state index in [0.717, 1.165) is 16.1 Å². The van der Waals surface area contributed by atoms with Gasteiger partial charge in [-0.1, -0.05) is 29.8 Å². The Hall–Kier alpha value is -2.74. The van der Waals surface area contributed by atoms with Gasteiger partial charge in [-0.25, -0.2) is 8.42 Å². The number of carbonyl (C=O) groups excluding carboxylic acids is 1. The highest BCUT2D eigenvalue weighted by Gasteiger charge is 2.24. The van der Waals surface area contributed by atoms with E-state index in [1.165, 1.54) is 0 Å². The highest BCUT2D eigenvalue weighted by atomic mass is 32.2. The number of para-hydroxylation sites is 2. The van der Waals surface area contributed by atoms with E-state index in [9.17, 15) is 13.2 Å². The number of rotatable bonds is 10. The van der Waals surface area contributed by atoms with E-state index in [4.69, 9.17) is 9.47 Å². The van der Waals surface area contributed by atoms with Crippen LogP contribution in [0.4, 0.5) is 5.69 Å². The Morgan fingerprint density at radius 1 is 1.10 bits per heavy atom. The van der Waals surface area contributed by atoms with Gasteiger partial charge in [0.15, 0.2) is 0 Å². The van der Waals surface area contributed by atoms with Gasteiger partial charge in [0.25, 0.3) is 0 Å². The molecule has 0 spiro atoms. The molecular weight excluding hydrogens is 392 g/mol. The molecule has 0 aliphatic carbocycles. The summed E-state index contributed by atoms with van der Waals surface area (Å²) in [5, 5.41) is 2.77. The second-order valence-corrected chi connectivity index (χ2v) is 8.67. The quantitative estimate of drug-likeness (QED) is 0.639. The van der Waals surface area contributed by atoms with Crippen LogP contribution in [0, 0.1) is 6.92 Å². The van der Waals surface area contributed by atoms with Crippen molar-refractivity contribution < 1.29 is 22.7 Å². The number of hydrogen-bond acceptors (Lipinski definition) is 5. The summed E-state index contributed by atoms with van der Waals surface area (Å²) in [6.07, 6.45) is 1.06. The largest absolute Gasteiger partial charge is 0.492 e. The first-order valence-corrected chi connectivity index (χ1v) is 11.2. The first-order valence-electron chi connectivity index (χ1n) is 9.39. The lowest BCUT2D eigenvalue weighted by molar-refractivity contribution is -0.120. The van der Waals surface area contributed by atoms with Crippen LogP contribution in [0.15, 0.2) is 48.5 Å². The Morgan fingerprint density at radius 2 is 1.76 bits per heavy atom. The minimum absolute atomic E-state index is 0.267. The molecule has 0 aliphatic heterocycles. The predicted molar refractivity (Wildman–Crippen MR) is 114 cm³/mol. The Balaban J connectivity index is 2.02. The van der Waals surface area contributed by atoms with Crippen molar-refractivity contribution in [3.05, 3.63) is 54.1 Å². The second-order valence-electron chi connectivity index (χ2n) is 6.76. The SMILES string of the molecule is CCOc1ccccc1N(CC(=O)N[C@H](C)COc1ccc(C)cc1)S(C)(=O)=O. The number of hydrogen-bond donors (Lipinski definition) is 1. The van der Waals surface area contributed by atoms with E-state index in [-0.39, 0.29) is 19.2 Å². The predicted octanol–water partition coefficient (Wildman–Crippen LogP) is 2.74. The van der Waals surface area contributed by atoms with Crippen LogP contribution in [-0.2, 0) is 14.8 Å². The number of sulfonamides is 1. The van der Waals surface area contributed by atoms with Gasteiger partial charge < -0.3 is 14.8 Å². The van der Waals surface area contributed by atoms with Crippen LogP contribution in [0.25, 0.3) is 0 Å². The van der Waals surface area contributed by atoms with Crippen LogP contribution in [0.3, 0.4) is 0 Å². The van der Waals surface area contributed by atoms with Crippen LogP contribution in [0.2, 0.25) is 0 Å². The summed E-state index contributed by atoms with van der Waals surface area (Å²) < 4.78 is 36.8. The summed E-state index contributed by atoms with van der Waals surface area (Å²) in [5.74, 6) is 0.686. The second kappa shape index (κ2) is 10.2. The monoisotopic (exact) mass is 420 g/mol. The molecule has 0 saturated heterocycles. The molecule has 158 valence electrons. The molecule has 0 aromatic heterocycles. The van der Waals surface area contributed by atoms with Crippen LogP contribution in [0.5, 0.6) is 11.5 Å². The molecule has 1 N–H and O–H groups in total. The van der Waals surface area contributed by atoms with Crippen molar-refractivity contribution in [2.24, 2.45) is 0 Å². The van der Waals surface area contributed by atoms with Gasteiger partial charge >= 0.3 is 0 Å². The van der Waals surface area contributed by atoms with Crippen molar-refractivity contribution in [2.45, 2.75) is 26.8 Å². The summed E-state index contributed by atoms with van der Waals surface area (Å²) in [4.78, 5) is 12.5. The zero-order valence-electron chi connectivity index (χ0n) is 17.2. The van der Waals surface area contributed by atoms with Crippen molar-refractivity contribution >= 4 is 21.6 Å². The number of aryl methyl sites for hydroxylation is 1. The molecule has 7 nitrogen and oxygen atoms in total. The molecule has 0 fully saturated rings.